The summed E-state index contributed by atoms with van der Waals surface area (Å²) in [4.78, 5) is 0. The highest BCUT2D eigenvalue weighted by atomic mass is 28.3. The second-order valence-corrected chi connectivity index (χ2v) is 7.58. The molecular formula is C22H28O2Si. The third-order valence-corrected chi connectivity index (χ3v) is 5.99. The van der Waals surface area contributed by atoms with Crippen LogP contribution in [0.25, 0.3) is 0 Å². The Bertz CT molecular complexity index is 611. The fourth-order valence-corrected chi connectivity index (χ4v) is 3.70. The van der Waals surface area contributed by atoms with Gasteiger partial charge in [-0.05, 0) is 25.0 Å². The largest absolute Gasteiger partial charge is 0.389 e. The van der Waals surface area contributed by atoms with E-state index in [1.807, 2.05) is 48.6 Å². The summed E-state index contributed by atoms with van der Waals surface area (Å²) in [6, 6.07) is 20.6. The van der Waals surface area contributed by atoms with Crippen molar-refractivity contribution in [2.75, 3.05) is 0 Å². The normalized spacial score (nSPS) is 16.2. The van der Waals surface area contributed by atoms with Gasteiger partial charge in [0, 0.05) is 12.8 Å². The van der Waals surface area contributed by atoms with Crippen molar-refractivity contribution in [2.45, 2.75) is 37.9 Å². The van der Waals surface area contributed by atoms with E-state index in [-0.39, 0.29) is 0 Å². The molecule has 0 aliphatic carbocycles. The predicted molar refractivity (Wildman–Crippen MR) is 108 cm³/mol. The highest BCUT2D eigenvalue weighted by Crippen LogP contribution is 2.22. The first-order valence-electron chi connectivity index (χ1n) is 8.62. The van der Waals surface area contributed by atoms with E-state index in [2.05, 4.69) is 51.3 Å². The van der Waals surface area contributed by atoms with E-state index in [0.717, 1.165) is 12.8 Å². The maximum atomic E-state index is 6.17. The van der Waals surface area contributed by atoms with E-state index in [1.165, 1.54) is 11.1 Å². The molecule has 2 atom stereocenters. The molecule has 132 valence electrons. The molecule has 2 aromatic rings. The van der Waals surface area contributed by atoms with Crippen molar-refractivity contribution in [2.24, 2.45) is 0 Å². The lowest BCUT2D eigenvalue weighted by atomic mass is 9.97. The average molecular weight is 353 g/mol. The number of benzene rings is 2. The van der Waals surface area contributed by atoms with E-state index in [1.54, 1.807) is 0 Å². The summed E-state index contributed by atoms with van der Waals surface area (Å²) >= 11 is 0. The maximum absolute atomic E-state index is 6.17. The zero-order chi connectivity index (χ0) is 18.2. The molecule has 25 heavy (non-hydrogen) atoms. The molecule has 2 rings (SSSR count). The molecule has 0 spiro atoms. The summed E-state index contributed by atoms with van der Waals surface area (Å²) in [5.41, 5.74) is 1.63. The van der Waals surface area contributed by atoms with Gasteiger partial charge < -0.3 is 8.85 Å². The molecule has 0 heterocycles. The summed E-state index contributed by atoms with van der Waals surface area (Å²) in [6.07, 6.45) is 5.33. The van der Waals surface area contributed by atoms with Crippen molar-refractivity contribution in [1.82, 2.24) is 0 Å². The van der Waals surface area contributed by atoms with Crippen molar-refractivity contribution in [1.29, 1.82) is 0 Å². The van der Waals surface area contributed by atoms with Gasteiger partial charge in [-0.15, -0.1) is 13.2 Å². The van der Waals surface area contributed by atoms with Crippen LogP contribution in [0.5, 0.6) is 0 Å². The van der Waals surface area contributed by atoms with Gasteiger partial charge in [0.05, 0.1) is 11.2 Å². The number of hydrogen-bond donors (Lipinski definition) is 0. The van der Waals surface area contributed by atoms with Crippen LogP contribution in [0.4, 0.5) is 0 Å². The van der Waals surface area contributed by atoms with Crippen LogP contribution in [0.15, 0.2) is 86.0 Å². The summed E-state index contributed by atoms with van der Waals surface area (Å²) in [5.74, 6) is 0. The van der Waals surface area contributed by atoms with Gasteiger partial charge in [-0.25, -0.2) is 0 Å². The molecule has 0 fully saturated rings. The summed E-state index contributed by atoms with van der Waals surface area (Å²) < 4.78 is 12.3. The van der Waals surface area contributed by atoms with Crippen LogP contribution in [0.1, 0.15) is 25.0 Å². The molecule has 2 unspecified atom stereocenters. The second kappa shape index (κ2) is 8.95. The minimum atomic E-state index is -1.19. The van der Waals surface area contributed by atoms with Crippen molar-refractivity contribution in [3.05, 3.63) is 97.1 Å². The van der Waals surface area contributed by atoms with Gasteiger partial charge >= 0.3 is 10.0 Å². The minimum absolute atomic E-state index is 0.414. The molecule has 0 saturated carbocycles. The highest BCUT2D eigenvalue weighted by Gasteiger charge is 2.25. The van der Waals surface area contributed by atoms with Crippen molar-refractivity contribution >= 4 is 10.0 Å². The molecule has 0 aliphatic heterocycles. The standard InChI is InChI=1S/C22H28O2Si/c1-5-21(3,17-19-13-9-7-10-14-19)23-25-24-22(4,6-2)18-20-15-11-8-12-16-20/h5-16H,1-2,17-18,25H2,3-4H3. The quantitative estimate of drug-likeness (QED) is 0.466. The third-order valence-electron chi connectivity index (χ3n) is 4.44. The van der Waals surface area contributed by atoms with Gasteiger partial charge in [0.25, 0.3) is 0 Å². The first kappa shape index (κ1) is 19.4. The van der Waals surface area contributed by atoms with E-state index in [9.17, 15) is 0 Å². The second-order valence-electron chi connectivity index (χ2n) is 6.76. The van der Waals surface area contributed by atoms with Crippen LogP contribution in [0.2, 0.25) is 0 Å². The Morgan fingerprint density at radius 3 is 1.44 bits per heavy atom. The summed E-state index contributed by atoms with van der Waals surface area (Å²) in [5, 5.41) is 0. The Kier molecular flexibility index (Phi) is 6.94. The lowest BCUT2D eigenvalue weighted by Gasteiger charge is -2.31. The molecule has 0 radical (unpaired) electrons. The lowest BCUT2D eigenvalue weighted by molar-refractivity contribution is 0.0612. The Morgan fingerprint density at radius 1 is 0.760 bits per heavy atom. The molecule has 2 nitrogen and oxygen atoms in total. The summed E-state index contributed by atoms with van der Waals surface area (Å²) in [7, 11) is -1.19. The fraction of sp³-hybridized carbons (Fsp3) is 0.273. The zero-order valence-electron chi connectivity index (χ0n) is 15.3. The lowest BCUT2D eigenvalue weighted by Crippen LogP contribution is -2.37. The van der Waals surface area contributed by atoms with E-state index >= 15 is 0 Å². The monoisotopic (exact) mass is 352 g/mol. The smallest absolute Gasteiger partial charge is 0.305 e. The third kappa shape index (κ3) is 6.13. The number of hydrogen-bond acceptors (Lipinski definition) is 2. The van der Waals surface area contributed by atoms with Gasteiger partial charge in [0.1, 0.15) is 0 Å². The molecule has 0 N–H and O–H groups in total. The molecule has 0 amide bonds. The average Bonchev–Trinajstić information content (AvgIpc) is 2.63. The molecule has 0 aromatic heterocycles. The predicted octanol–water partition coefficient (Wildman–Crippen LogP) is 4.39. The Hall–Kier alpha value is -1.94. The molecule has 0 saturated heterocycles. The molecule has 3 heteroatoms. The molecule has 0 bridgehead atoms. The van der Waals surface area contributed by atoms with Crippen LogP contribution in [0.3, 0.4) is 0 Å². The van der Waals surface area contributed by atoms with Crippen molar-refractivity contribution in [3.8, 4) is 0 Å². The first-order chi connectivity index (χ1) is 12.0. The minimum Gasteiger partial charge on any atom is -0.389 e. The van der Waals surface area contributed by atoms with Gasteiger partial charge in [-0.2, -0.15) is 0 Å². The molecule has 2 aromatic carbocycles. The van der Waals surface area contributed by atoms with Crippen LogP contribution >= 0.6 is 0 Å². The van der Waals surface area contributed by atoms with Crippen molar-refractivity contribution < 1.29 is 8.85 Å². The maximum Gasteiger partial charge on any atom is 0.305 e. The Morgan fingerprint density at radius 2 is 1.12 bits per heavy atom. The van der Waals surface area contributed by atoms with Gasteiger partial charge in [0.2, 0.25) is 0 Å². The highest BCUT2D eigenvalue weighted by molar-refractivity contribution is 6.18. The van der Waals surface area contributed by atoms with Crippen LogP contribution in [0, 0.1) is 0 Å². The van der Waals surface area contributed by atoms with Crippen molar-refractivity contribution in [3.63, 3.8) is 0 Å². The zero-order valence-corrected chi connectivity index (χ0v) is 16.7. The number of rotatable bonds is 10. The fourth-order valence-electron chi connectivity index (χ4n) is 2.67. The molecule has 0 aliphatic rings. The van der Waals surface area contributed by atoms with Gasteiger partial charge in [-0.1, -0.05) is 72.8 Å². The Labute approximate surface area is 154 Å². The van der Waals surface area contributed by atoms with Crippen LogP contribution in [-0.4, -0.2) is 21.2 Å². The Balaban J connectivity index is 1.93. The molecular weight excluding hydrogens is 324 g/mol. The SMILES string of the molecule is C=CC(C)(Cc1ccccc1)O[SiH2]OC(C)(C=C)Cc1ccccc1. The van der Waals surface area contributed by atoms with Gasteiger partial charge in [0.15, 0.2) is 0 Å². The van der Waals surface area contributed by atoms with Crippen LogP contribution in [-0.2, 0) is 21.7 Å². The summed E-state index contributed by atoms with van der Waals surface area (Å²) in [6.45, 7) is 12.0. The van der Waals surface area contributed by atoms with E-state index < -0.39 is 21.2 Å². The topological polar surface area (TPSA) is 18.5 Å². The van der Waals surface area contributed by atoms with E-state index in [4.69, 9.17) is 8.85 Å². The van der Waals surface area contributed by atoms with E-state index in [0.29, 0.717) is 0 Å². The van der Waals surface area contributed by atoms with Gasteiger partial charge in [-0.3, -0.25) is 0 Å². The first-order valence-corrected chi connectivity index (χ1v) is 9.77. The van der Waals surface area contributed by atoms with Crippen LogP contribution < -0.4 is 0 Å².